The second-order valence-corrected chi connectivity index (χ2v) is 6.29. The van der Waals surface area contributed by atoms with Gasteiger partial charge in [0, 0.05) is 12.6 Å². The lowest BCUT2D eigenvalue weighted by molar-refractivity contribution is 0.171. The summed E-state index contributed by atoms with van der Waals surface area (Å²) >= 11 is 0. The summed E-state index contributed by atoms with van der Waals surface area (Å²) in [5, 5.41) is 3.71. The first-order valence-corrected chi connectivity index (χ1v) is 7.89. The minimum Gasteiger partial charge on any atom is -0.493 e. The second-order valence-electron chi connectivity index (χ2n) is 6.29. The molecule has 1 saturated carbocycles. The highest BCUT2D eigenvalue weighted by Gasteiger charge is 2.27. The lowest BCUT2D eigenvalue weighted by Gasteiger charge is -2.34. The lowest BCUT2D eigenvalue weighted by Crippen LogP contribution is -2.40. The van der Waals surface area contributed by atoms with E-state index in [0.717, 1.165) is 35.6 Å². The molecule has 0 spiro atoms. The van der Waals surface area contributed by atoms with Crippen LogP contribution < -0.4 is 19.5 Å². The van der Waals surface area contributed by atoms with E-state index < -0.39 is 0 Å². The van der Waals surface area contributed by atoms with Crippen molar-refractivity contribution in [2.24, 2.45) is 11.8 Å². The second kappa shape index (κ2) is 6.14. The molecule has 1 aliphatic carbocycles. The Morgan fingerprint density at radius 2 is 2.10 bits per heavy atom. The molecule has 3 atom stereocenters. The van der Waals surface area contributed by atoms with Crippen molar-refractivity contribution in [3.05, 3.63) is 17.7 Å². The van der Waals surface area contributed by atoms with Gasteiger partial charge in [-0.25, -0.2) is 0 Å². The Hall–Kier alpha value is -1.42. The van der Waals surface area contributed by atoms with E-state index in [0.29, 0.717) is 6.04 Å². The monoisotopic (exact) mass is 291 g/mol. The summed E-state index contributed by atoms with van der Waals surface area (Å²) in [7, 11) is 1.67. The van der Waals surface area contributed by atoms with Crippen LogP contribution in [0.15, 0.2) is 12.1 Å². The Bertz CT molecular complexity index is 503. The highest BCUT2D eigenvalue weighted by atomic mass is 16.7. The number of benzene rings is 1. The van der Waals surface area contributed by atoms with Crippen molar-refractivity contribution >= 4 is 0 Å². The topological polar surface area (TPSA) is 39.7 Å². The molecular formula is C17H25NO3. The predicted octanol–water partition coefficient (Wildman–Crippen LogP) is 3.34. The molecule has 1 aromatic rings. The normalized spacial score (nSPS) is 27.7. The quantitative estimate of drug-likeness (QED) is 0.923. The molecule has 1 aromatic carbocycles. The van der Waals surface area contributed by atoms with Gasteiger partial charge in [-0.2, -0.15) is 0 Å². The van der Waals surface area contributed by atoms with Crippen molar-refractivity contribution < 1.29 is 14.2 Å². The SMILES string of the molecule is COc1cc(CNC2CCCC(C)C2C)cc2c1OCO2. The van der Waals surface area contributed by atoms with E-state index in [1.807, 2.05) is 6.07 Å². The van der Waals surface area contributed by atoms with Gasteiger partial charge in [0.2, 0.25) is 12.5 Å². The van der Waals surface area contributed by atoms with Gasteiger partial charge in [0.15, 0.2) is 11.5 Å². The van der Waals surface area contributed by atoms with Crippen LogP contribution in [0.2, 0.25) is 0 Å². The van der Waals surface area contributed by atoms with Crippen LogP contribution in [0.1, 0.15) is 38.7 Å². The molecule has 4 nitrogen and oxygen atoms in total. The van der Waals surface area contributed by atoms with Crippen molar-refractivity contribution in [1.82, 2.24) is 5.32 Å². The summed E-state index contributed by atoms with van der Waals surface area (Å²) in [4.78, 5) is 0. The van der Waals surface area contributed by atoms with Crippen molar-refractivity contribution in [3.8, 4) is 17.2 Å². The van der Waals surface area contributed by atoms with Crippen LogP contribution in [0.4, 0.5) is 0 Å². The third-order valence-corrected chi connectivity index (χ3v) is 4.99. The van der Waals surface area contributed by atoms with Crippen LogP contribution in [0.25, 0.3) is 0 Å². The third kappa shape index (κ3) is 2.95. The van der Waals surface area contributed by atoms with Gasteiger partial charge in [0.25, 0.3) is 0 Å². The molecule has 0 radical (unpaired) electrons. The van der Waals surface area contributed by atoms with E-state index >= 15 is 0 Å². The van der Waals surface area contributed by atoms with Gasteiger partial charge < -0.3 is 19.5 Å². The van der Waals surface area contributed by atoms with E-state index in [4.69, 9.17) is 14.2 Å². The fourth-order valence-electron chi connectivity index (χ4n) is 3.40. The molecule has 4 heteroatoms. The van der Waals surface area contributed by atoms with Crippen molar-refractivity contribution in [1.29, 1.82) is 0 Å². The summed E-state index contributed by atoms with van der Waals surface area (Å²) in [6, 6.07) is 4.69. The smallest absolute Gasteiger partial charge is 0.231 e. The van der Waals surface area contributed by atoms with Gasteiger partial charge in [-0.1, -0.05) is 26.7 Å². The van der Waals surface area contributed by atoms with E-state index in [9.17, 15) is 0 Å². The molecular weight excluding hydrogens is 266 g/mol. The van der Waals surface area contributed by atoms with Crippen molar-refractivity contribution in [2.45, 2.75) is 45.7 Å². The zero-order valence-corrected chi connectivity index (χ0v) is 13.1. The zero-order valence-electron chi connectivity index (χ0n) is 13.1. The standard InChI is InChI=1S/C17H25NO3/c1-11-5-4-6-14(12(11)2)18-9-13-7-15(19-3)17-16(8-13)20-10-21-17/h7-8,11-12,14,18H,4-6,9-10H2,1-3H3. The third-order valence-electron chi connectivity index (χ3n) is 4.99. The fraction of sp³-hybridized carbons (Fsp3) is 0.647. The van der Waals surface area contributed by atoms with Gasteiger partial charge in [0.1, 0.15) is 0 Å². The Kier molecular flexibility index (Phi) is 4.24. The predicted molar refractivity (Wildman–Crippen MR) is 81.9 cm³/mol. The summed E-state index contributed by atoms with van der Waals surface area (Å²) in [5.41, 5.74) is 1.18. The number of rotatable bonds is 4. The van der Waals surface area contributed by atoms with Crippen molar-refractivity contribution in [3.63, 3.8) is 0 Å². The minimum atomic E-state index is 0.278. The van der Waals surface area contributed by atoms with Crippen LogP contribution in [-0.2, 0) is 6.54 Å². The molecule has 116 valence electrons. The summed E-state index contributed by atoms with van der Waals surface area (Å²) in [6.07, 6.45) is 3.96. The van der Waals surface area contributed by atoms with E-state index in [1.165, 1.54) is 24.8 Å². The van der Waals surface area contributed by atoms with E-state index in [2.05, 4.69) is 25.2 Å². The average Bonchev–Trinajstić information content (AvgIpc) is 2.96. The lowest BCUT2D eigenvalue weighted by atomic mass is 9.78. The molecule has 0 bridgehead atoms. The number of nitrogens with one attached hydrogen (secondary N) is 1. The number of fused-ring (bicyclic) bond motifs is 1. The maximum Gasteiger partial charge on any atom is 0.231 e. The maximum absolute atomic E-state index is 5.48. The highest BCUT2D eigenvalue weighted by molar-refractivity contribution is 5.55. The molecule has 1 heterocycles. The maximum atomic E-state index is 5.48. The molecule has 1 N–H and O–H groups in total. The first-order chi connectivity index (χ1) is 10.2. The van der Waals surface area contributed by atoms with E-state index in [1.54, 1.807) is 7.11 Å². The summed E-state index contributed by atoms with van der Waals surface area (Å²) in [6.45, 7) is 5.85. The van der Waals surface area contributed by atoms with Crippen LogP contribution in [0.3, 0.4) is 0 Å². The zero-order chi connectivity index (χ0) is 14.8. The number of ether oxygens (including phenoxy) is 3. The summed E-state index contributed by atoms with van der Waals surface area (Å²) in [5.74, 6) is 3.81. The molecule has 3 unspecified atom stereocenters. The first kappa shape index (κ1) is 14.5. The molecule has 0 amide bonds. The Morgan fingerprint density at radius 1 is 1.24 bits per heavy atom. The molecule has 0 aromatic heterocycles. The van der Waals surface area contributed by atoms with Crippen LogP contribution in [0.5, 0.6) is 17.2 Å². The Labute approximate surface area is 126 Å². The van der Waals surface area contributed by atoms with Crippen LogP contribution >= 0.6 is 0 Å². The van der Waals surface area contributed by atoms with Gasteiger partial charge in [-0.05, 0) is 36.0 Å². The Balaban J connectivity index is 1.68. The molecule has 2 aliphatic rings. The van der Waals surface area contributed by atoms with Gasteiger partial charge in [-0.15, -0.1) is 0 Å². The fourth-order valence-corrected chi connectivity index (χ4v) is 3.40. The molecule has 3 rings (SSSR count). The highest BCUT2D eigenvalue weighted by Crippen LogP contribution is 2.41. The number of hydrogen-bond donors (Lipinski definition) is 1. The molecule has 21 heavy (non-hydrogen) atoms. The van der Waals surface area contributed by atoms with Gasteiger partial charge in [0.05, 0.1) is 7.11 Å². The largest absolute Gasteiger partial charge is 0.493 e. The van der Waals surface area contributed by atoms with Gasteiger partial charge in [-0.3, -0.25) is 0 Å². The number of hydrogen-bond acceptors (Lipinski definition) is 4. The first-order valence-electron chi connectivity index (χ1n) is 7.89. The molecule has 0 saturated heterocycles. The summed E-state index contributed by atoms with van der Waals surface area (Å²) < 4.78 is 16.3. The van der Waals surface area contributed by atoms with E-state index in [-0.39, 0.29) is 6.79 Å². The van der Waals surface area contributed by atoms with Gasteiger partial charge >= 0.3 is 0 Å². The van der Waals surface area contributed by atoms with Crippen LogP contribution in [0, 0.1) is 11.8 Å². The van der Waals surface area contributed by atoms with Crippen molar-refractivity contribution in [2.75, 3.05) is 13.9 Å². The average molecular weight is 291 g/mol. The Morgan fingerprint density at radius 3 is 2.90 bits per heavy atom. The minimum absolute atomic E-state index is 0.278. The van der Waals surface area contributed by atoms with Crippen LogP contribution in [-0.4, -0.2) is 19.9 Å². The molecule has 1 fully saturated rings. The number of methoxy groups -OCH3 is 1. The molecule has 1 aliphatic heterocycles.